The molecule has 1 atom stereocenters. The number of hydrogen-bond donors (Lipinski definition) is 1. The second-order valence-corrected chi connectivity index (χ2v) is 3.70. The molecule has 0 saturated heterocycles. The lowest BCUT2D eigenvalue weighted by Gasteiger charge is -2.04. The van der Waals surface area contributed by atoms with E-state index < -0.39 is 18.0 Å². The van der Waals surface area contributed by atoms with Gasteiger partial charge < -0.3 is 5.11 Å². The molecule has 16 heavy (non-hydrogen) atoms. The average Bonchev–Trinajstić information content (AvgIpc) is 2.25. The summed E-state index contributed by atoms with van der Waals surface area (Å²) in [6.45, 7) is 3.35. The molecule has 0 rings (SSSR count). The Morgan fingerprint density at radius 2 is 1.75 bits per heavy atom. The maximum Gasteiger partial charge on any atom is 0.383 e. The van der Waals surface area contributed by atoms with E-state index in [4.69, 9.17) is 5.11 Å². The lowest BCUT2D eigenvalue weighted by Crippen LogP contribution is -2.21. The number of rotatable bonds is 7. The number of hydrogen-bond acceptors (Lipinski definition) is 5. The van der Waals surface area contributed by atoms with Crippen molar-refractivity contribution in [2.45, 2.75) is 58.5 Å². The highest BCUT2D eigenvalue weighted by atomic mass is 17.2. The van der Waals surface area contributed by atoms with Crippen LogP contribution in [0.2, 0.25) is 0 Å². The van der Waals surface area contributed by atoms with Crippen LogP contribution in [0, 0.1) is 0 Å². The van der Waals surface area contributed by atoms with E-state index in [1.54, 1.807) is 0 Å². The molecule has 0 aromatic rings. The van der Waals surface area contributed by atoms with Gasteiger partial charge in [-0.2, -0.15) is 0 Å². The molecule has 0 aromatic carbocycles. The summed E-state index contributed by atoms with van der Waals surface area (Å²) in [6, 6.07) is 0. The molecule has 5 heteroatoms. The summed E-state index contributed by atoms with van der Waals surface area (Å²) in [4.78, 5) is 30.1. The van der Waals surface area contributed by atoms with Crippen molar-refractivity contribution in [2.24, 2.45) is 0 Å². The zero-order chi connectivity index (χ0) is 12.4. The van der Waals surface area contributed by atoms with Crippen LogP contribution in [0.4, 0.5) is 0 Å². The van der Waals surface area contributed by atoms with Crippen molar-refractivity contribution in [3.63, 3.8) is 0 Å². The number of carbonyl (C=O) groups excluding carboxylic acids is 2. The summed E-state index contributed by atoms with van der Waals surface area (Å²) in [7, 11) is 0. The molecule has 0 aliphatic rings. The molecule has 0 aromatic heterocycles. The Balaban J connectivity index is 3.41. The van der Waals surface area contributed by atoms with Gasteiger partial charge in [0.25, 0.3) is 0 Å². The number of unbranched alkanes of at least 4 members (excludes halogenated alkanes) is 4. The van der Waals surface area contributed by atoms with Crippen LogP contribution in [0.3, 0.4) is 0 Å². The van der Waals surface area contributed by atoms with E-state index >= 15 is 0 Å². The molecule has 1 unspecified atom stereocenters. The van der Waals surface area contributed by atoms with Gasteiger partial charge in [-0.3, -0.25) is 0 Å². The van der Waals surface area contributed by atoms with E-state index in [1.165, 1.54) is 6.92 Å². The first-order valence-electron chi connectivity index (χ1n) is 5.67. The molecular formula is C11H20O5. The standard InChI is InChI=1S/C11H20O5/c1-3-4-5-6-7-8-10(13)15-16-11(14)9(2)12/h9,12H,3-8H2,1-2H3. The average molecular weight is 232 g/mol. The van der Waals surface area contributed by atoms with Gasteiger partial charge in [0.1, 0.15) is 0 Å². The first kappa shape index (κ1) is 14.9. The minimum Gasteiger partial charge on any atom is -0.382 e. The summed E-state index contributed by atoms with van der Waals surface area (Å²) >= 11 is 0. The highest BCUT2D eigenvalue weighted by Crippen LogP contribution is 2.05. The Kier molecular flexibility index (Phi) is 8.52. The van der Waals surface area contributed by atoms with Crippen molar-refractivity contribution < 1.29 is 24.5 Å². The zero-order valence-corrected chi connectivity index (χ0v) is 9.90. The van der Waals surface area contributed by atoms with Gasteiger partial charge in [0, 0.05) is 0 Å². The predicted octanol–water partition coefficient (Wildman–Crippen LogP) is 1.73. The Morgan fingerprint density at radius 3 is 2.31 bits per heavy atom. The fraction of sp³-hybridized carbons (Fsp3) is 0.818. The van der Waals surface area contributed by atoms with Crippen LogP contribution >= 0.6 is 0 Å². The maximum atomic E-state index is 11.0. The monoisotopic (exact) mass is 232 g/mol. The second-order valence-electron chi connectivity index (χ2n) is 3.70. The van der Waals surface area contributed by atoms with Gasteiger partial charge in [0.05, 0.1) is 6.42 Å². The molecule has 0 saturated carbocycles. The summed E-state index contributed by atoms with van der Waals surface area (Å²) in [6.07, 6.45) is 4.05. The van der Waals surface area contributed by atoms with Crippen molar-refractivity contribution in [1.82, 2.24) is 0 Å². The van der Waals surface area contributed by atoms with Crippen LogP contribution in [-0.4, -0.2) is 23.1 Å². The third-order valence-electron chi connectivity index (χ3n) is 2.04. The Labute approximate surface area is 95.7 Å². The van der Waals surface area contributed by atoms with Crippen molar-refractivity contribution in [2.75, 3.05) is 0 Å². The predicted molar refractivity (Wildman–Crippen MR) is 57.2 cm³/mol. The minimum atomic E-state index is -1.28. The second kappa shape index (κ2) is 9.15. The molecule has 0 heterocycles. The van der Waals surface area contributed by atoms with Crippen molar-refractivity contribution in [3.05, 3.63) is 0 Å². The minimum absolute atomic E-state index is 0.233. The molecule has 0 bridgehead atoms. The van der Waals surface area contributed by atoms with E-state index in [1.807, 2.05) is 0 Å². The van der Waals surface area contributed by atoms with E-state index in [9.17, 15) is 9.59 Å². The SMILES string of the molecule is CCCCCCCC(=O)OOC(=O)C(C)O. The summed E-state index contributed by atoms with van der Waals surface area (Å²) < 4.78 is 0. The molecule has 0 radical (unpaired) electrons. The summed E-state index contributed by atoms with van der Waals surface area (Å²) in [5.41, 5.74) is 0. The molecule has 0 spiro atoms. The van der Waals surface area contributed by atoms with Crippen LogP contribution in [0.15, 0.2) is 0 Å². The highest BCUT2D eigenvalue weighted by molar-refractivity contribution is 5.75. The quantitative estimate of drug-likeness (QED) is 0.411. The normalized spacial score (nSPS) is 11.9. The van der Waals surface area contributed by atoms with E-state index in [2.05, 4.69) is 16.7 Å². The van der Waals surface area contributed by atoms with Gasteiger partial charge >= 0.3 is 11.9 Å². The van der Waals surface area contributed by atoms with Gasteiger partial charge in [0.2, 0.25) is 0 Å². The third-order valence-corrected chi connectivity index (χ3v) is 2.04. The smallest absolute Gasteiger partial charge is 0.382 e. The lowest BCUT2D eigenvalue weighted by atomic mass is 10.1. The summed E-state index contributed by atoms with van der Waals surface area (Å²) in [5.74, 6) is -1.54. The Hall–Kier alpha value is -1.10. The van der Waals surface area contributed by atoms with E-state index in [0.717, 1.165) is 32.1 Å². The first-order chi connectivity index (χ1) is 7.57. The summed E-state index contributed by atoms with van der Waals surface area (Å²) in [5, 5.41) is 8.74. The maximum absolute atomic E-state index is 11.0. The Morgan fingerprint density at radius 1 is 1.12 bits per heavy atom. The fourth-order valence-corrected chi connectivity index (χ4v) is 1.07. The van der Waals surface area contributed by atoms with Crippen LogP contribution in [0.5, 0.6) is 0 Å². The molecule has 5 nitrogen and oxygen atoms in total. The van der Waals surface area contributed by atoms with Crippen LogP contribution < -0.4 is 0 Å². The van der Waals surface area contributed by atoms with Gasteiger partial charge in [-0.1, -0.05) is 32.6 Å². The third kappa shape index (κ3) is 8.23. The highest BCUT2D eigenvalue weighted by Gasteiger charge is 2.14. The zero-order valence-electron chi connectivity index (χ0n) is 9.90. The molecule has 0 amide bonds. The topological polar surface area (TPSA) is 72.8 Å². The molecule has 0 fully saturated rings. The molecule has 0 aliphatic carbocycles. The van der Waals surface area contributed by atoms with E-state index in [0.29, 0.717) is 0 Å². The van der Waals surface area contributed by atoms with Gasteiger partial charge in [-0.15, -0.1) is 0 Å². The number of aliphatic hydroxyl groups is 1. The number of carbonyl (C=O) groups is 2. The lowest BCUT2D eigenvalue weighted by molar-refractivity contribution is -0.264. The van der Waals surface area contributed by atoms with Gasteiger partial charge in [-0.25, -0.2) is 19.4 Å². The van der Waals surface area contributed by atoms with Crippen LogP contribution in [-0.2, 0) is 19.4 Å². The Bertz CT molecular complexity index is 212. The van der Waals surface area contributed by atoms with Crippen LogP contribution in [0.25, 0.3) is 0 Å². The molecular weight excluding hydrogens is 212 g/mol. The van der Waals surface area contributed by atoms with Crippen molar-refractivity contribution in [1.29, 1.82) is 0 Å². The van der Waals surface area contributed by atoms with Gasteiger partial charge in [-0.05, 0) is 13.3 Å². The number of aliphatic hydroxyl groups excluding tert-OH is 1. The van der Waals surface area contributed by atoms with Gasteiger partial charge in [0.15, 0.2) is 6.10 Å². The van der Waals surface area contributed by atoms with Crippen LogP contribution in [0.1, 0.15) is 52.4 Å². The first-order valence-corrected chi connectivity index (χ1v) is 5.67. The van der Waals surface area contributed by atoms with E-state index in [-0.39, 0.29) is 6.42 Å². The molecule has 1 N–H and O–H groups in total. The largest absolute Gasteiger partial charge is 0.383 e. The fourth-order valence-electron chi connectivity index (χ4n) is 1.07. The molecule has 0 aliphatic heterocycles. The van der Waals surface area contributed by atoms with Crippen molar-refractivity contribution in [3.8, 4) is 0 Å². The molecule has 94 valence electrons. The van der Waals surface area contributed by atoms with Crippen molar-refractivity contribution >= 4 is 11.9 Å².